The molecular weight excluding hydrogens is 288 g/mol. The molecule has 1 aliphatic heterocycles. The number of amides is 1. The predicted octanol–water partition coefficient (Wildman–Crippen LogP) is 1.33. The molecule has 0 spiro atoms. The molecule has 2 atom stereocenters. The van der Waals surface area contributed by atoms with Crippen LogP contribution < -0.4 is 11.1 Å². The molecule has 0 saturated carbocycles. The second-order valence-corrected chi connectivity index (χ2v) is 9.48. The van der Waals surface area contributed by atoms with Crippen molar-refractivity contribution in [3.63, 3.8) is 0 Å². The average Bonchev–Trinajstić information content (AvgIpc) is 2.70. The quantitative estimate of drug-likeness (QED) is 0.741. The van der Waals surface area contributed by atoms with Crippen molar-refractivity contribution < 1.29 is 13.2 Å². The average molecular weight is 318 g/mol. The van der Waals surface area contributed by atoms with E-state index in [2.05, 4.69) is 26.1 Å². The molecule has 3 N–H and O–H groups in total. The van der Waals surface area contributed by atoms with E-state index in [1.54, 1.807) is 0 Å². The van der Waals surface area contributed by atoms with Gasteiger partial charge in [0, 0.05) is 13.0 Å². The van der Waals surface area contributed by atoms with Crippen molar-refractivity contribution in [2.75, 3.05) is 24.6 Å². The summed E-state index contributed by atoms with van der Waals surface area (Å²) in [7, 11) is -2.86. The Morgan fingerprint density at radius 2 is 2.00 bits per heavy atom. The lowest BCUT2D eigenvalue weighted by atomic mass is 9.76. The molecule has 2 unspecified atom stereocenters. The summed E-state index contributed by atoms with van der Waals surface area (Å²) in [5.74, 6) is 1.01. The molecule has 1 fully saturated rings. The van der Waals surface area contributed by atoms with Gasteiger partial charge in [-0.15, -0.1) is 0 Å². The summed E-state index contributed by atoms with van der Waals surface area (Å²) < 4.78 is 22.7. The Balaban J connectivity index is 2.30. The number of nitrogens with one attached hydrogen (secondary N) is 1. The maximum Gasteiger partial charge on any atom is 0.220 e. The van der Waals surface area contributed by atoms with Crippen molar-refractivity contribution in [2.24, 2.45) is 23.0 Å². The molecule has 0 aromatic heterocycles. The molecule has 6 heteroatoms. The van der Waals surface area contributed by atoms with E-state index in [1.807, 2.05) is 0 Å². The van der Waals surface area contributed by atoms with Gasteiger partial charge >= 0.3 is 0 Å². The lowest BCUT2D eigenvalue weighted by Crippen LogP contribution is -2.31. The molecule has 0 bridgehead atoms. The van der Waals surface area contributed by atoms with E-state index in [-0.39, 0.29) is 28.7 Å². The van der Waals surface area contributed by atoms with Crippen molar-refractivity contribution in [2.45, 2.75) is 46.5 Å². The maximum absolute atomic E-state index is 11.9. The second kappa shape index (κ2) is 7.58. The van der Waals surface area contributed by atoms with E-state index in [0.29, 0.717) is 31.8 Å². The standard InChI is InChI=1S/C15H30N2O3S/c1-15(2,3)13(6-8-16)4-5-14(18)17-10-12-7-9-21(19,20)11-12/h12-13H,4-11,16H2,1-3H3,(H,17,18). The fourth-order valence-corrected chi connectivity index (χ4v) is 4.76. The Bertz CT molecular complexity index is 440. The van der Waals surface area contributed by atoms with Gasteiger partial charge in [0.1, 0.15) is 0 Å². The zero-order chi connectivity index (χ0) is 16.1. The summed E-state index contributed by atoms with van der Waals surface area (Å²) in [6, 6.07) is 0. The van der Waals surface area contributed by atoms with Crippen molar-refractivity contribution >= 4 is 15.7 Å². The Kier molecular flexibility index (Phi) is 6.66. The first-order valence-electron chi connectivity index (χ1n) is 7.81. The third kappa shape index (κ3) is 6.78. The fraction of sp³-hybridized carbons (Fsp3) is 0.933. The first-order valence-corrected chi connectivity index (χ1v) is 9.63. The summed E-state index contributed by atoms with van der Waals surface area (Å²) in [5.41, 5.74) is 5.79. The molecule has 21 heavy (non-hydrogen) atoms. The fourth-order valence-electron chi connectivity index (χ4n) is 2.90. The Hall–Kier alpha value is -0.620. The Labute approximate surface area is 129 Å². The van der Waals surface area contributed by atoms with Crippen LogP contribution in [-0.2, 0) is 14.6 Å². The van der Waals surface area contributed by atoms with E-state index in [1.165, 1.54) is 0 Å². The van der Waals surface area contributed by atoms with Gasteiger partial charge in [0.15, 0.2) is 9.84 Å². The Morgan fingerprint density at radius 1 is 1.33 bits per heavy atom. The van der Waals surface area contributed by atoms with Crippen LogP contribution in [0, 0.1) is 17.3 Å². The van der Waals surface area contributed by atoms with Crippen LogP contribution in [0.4, 0.5) is 0 Å². The van der Waals surface area contributed by atoms with Crippen molar-refractivity contribution in [1.29, 1.82) is 0 Å². The second-order valence-electron chi connectivity index (χ2n) is 7.25. The molecule has 1 amide bonds. The first-order chi connectivity index (χ1) is 9.64. The minimum Gasteiger partial charge on any atom is -0.356 e. The summed E-state index contributed by atoms with van der Waals surface area (Å²) in [6.07, 6.45) is 2.91. The maximum atomic E-state index is 11.9. The van der Waals surface area contributed by atoms with Crippen molar-refractivity contribution in [3.8, 4) is 0 Å². The summed E-state index contributed by atoms with van der Waals surface area (Å²) >= 11 is 0. The molecule has 0 radical (unpaired) electrons. The van der Waals surface area contributed by atoms with Gasteiger partial charge in [-0.1, -0.05) is 20.8 Å². The van der Waals surface area contributed by atoms with Crippen LogP contribution in [0.2, 0.25) is 0 Å². The highest BCUT2D eigenvalue weighted by molar-refractivity contribution is 7.91. The number of rotatable bonds is 7. The predicted molar refractivity (Wildman–Crippen MR) is 85.6 cm³/mol. The molecule has 124 valence electrons. The number of carbonyl (C=O) groups is 1. The van der Waals surface area contributed by atoms with Crippen LogP contribution in [0.15, 0.2) is 0 Å². The minimum absolute atomic E-state index is 0.0190. The van der Waals surface area contributed by atoms with Gasteiger partial charge in [0.25, 0.3) is 0 Å². The Morgan fingerprint density at radius 3 is 2.48 bits per heavy atom. The largest absolute Gasteiger partial charge is 0.356 e. The highest BCUT2D eigenvalue weighted by Gasteiger charge is 2.28. The SMILES string of the molecule is CC(C)(C)C(CCN)CCC(=O)NCC1CCS(=O)(=O)C1. The van der Waals surface area contributed by atoms with E-state index >= 15 is 0 Å². The number of hydrogen-bond acceptors (Lipinski definition) is 4. The lowest BCUT2D eigenvalue weighted by Gasteiger charge is -2.30. The normalized spacial score (nSPS) is 23.0. The molecule has 1 rings (SSSR count). The van der Waals surface area contributed by atoms with Gasteiger partial charge in [-0.25, -0.2) is 8.42 Å². The van der Waals surface area contributed by atoms with E-state index < -0.39 is 9.84 Å². The number of carbonyl (C=O) groups excluding carboxylic acids is 1. The third-order valence-electron chi connectivity index (χ3n) is 4.37. The van der Waals surface area contributed by atoms with Crippen LogP contribution >= 0.6 is 0 Å². The van der Waals surface area contributed by atoms with E-state index in [0.717, 1.165) is 12.8 Å². The molecule has 0 aliphatic carbocycles. The van der Waals surface area contributed by atoms with E-state index in [4.69, 9.17) is 5.73 Å². The van der Waals surface area contributed by atoms with Crippen LogP contribution in [0.5, 0.6) is 0 Å². The zero-order valence-corrected chi connectivity index (χ0v) is 14.3. The first kappa shape index (κ1) is 18.4. The number of hydrogen-bond donors (Lipinski definition) is 2. The number of nitrogens with two attached hydrogens (primary N) is 1. The van der Waals surface area contributed by atoms with Crippen molar-refractivity contribution in [1.82, 2.24) is 5.32 Å². The number of sulfone groups is 1. The zero-order valence-electron chi connectivity index (χ0n) is 13.5. The van der Waals surface area contributed by atoms with Crippen LogP contribution in [0.3, 0.4) is 0 Å². The van der Waals surface area contributed by atoms with E-state index in [9.17, 15) is 13.2 Å². The van der Waals surface area contributed by atoms with Gasteiger partial charge in [-0.2, -0.15) is 0 Å². The summed E-state index contributed by atoms with van der Waals surface area (Å²) in [5, 5.41) is 2.88. The smallest absolute Gasteiger partial charge is 0.220 e. The molecule has 0 aromatic carbocycles. The highest BCUT2D eigenvalue weighted by Crippen LogP contribution is 2.32. The monoisotopic (exact) mass is 318 g/mol. The molecule has 0 aromatic rings. The topological polar surface area (TPSA) is 89.3 Å². The minimum atomic E-state index is -2.86. The van der Waals surface area contributed by atoms with Gasteiger partial charge in [-0.3, -0.25) is 4.79 Å². The van der Waals surface area contributed by atoms with Crippen LogP contribution in [0.25, 0.3) is 0 Å². The van der Waals surface area contributed by atoms with Gasteiger partial charge in [-0.05, 0) is 43.1 Å². The van der Waals surface area contributed by atoms with Crippen molar-refractivity contribution in [3.05, 3.63) is 0 Å². The van der Waals surface area contributed by atoms with Crippen LogP contribution in [-0.4, -0.2) is 38.9 Å². The highest BCUT2D eigenvalue weighted by atomic mass is 32.2. The van der Waals surface area contributed by atoms with Gasteiger partial charge in [0.2, 0.25) is 5.91 Å². The lowest BCUT2D eigenvalue weighted by molar-refractivity contribution is -0.121. The molecule has 1 saturated heterocycles. The van der Waals surface area contributed by atoms with Crippen LogP contribution in [0.1, 0.15) is 46.5 Å². The summed E-state index contributed by atoms with van der Waals surface area (Å²) in [4.78, 5) is 11.9. The van der Waals surface area contributed by atoms with Gasteiger partial charge < -0.3 is 11.1 Å². The molecular formula is C15H30N2O3S. The molecule has 1 heterocycles. The third-order valence-corrected chi connectivity index (χ3v) is 6.21. The molecule has 1 aliphatic rings. The summed E-state index contributed by atoms with van der Waals surface area (Å²) in [6.45, 7) is 7.65. The van der Waals surface area contributed by atoms with Gasteiger partial charge in [0.05, 0.1) is 11.5 Å². The molecule has 5 nitrogen and oxygen atoms in total.